The van der Waals surface area contributed by atoms with Crippen molar-refractivity contribution in [2.45, 2.75) is 17.7 Å². The highest BCUT2D eigenvalue weighted by molar-refractivity contribution is 7.89. The summed E-state index contributed by atoms with van der Waals surface area (Å²) in [6.07, 6.45) is 2.12. The monoisotopic (exact) mass is 405 g/mol. The van der Waals surface area contributed by atoms with E-state index in [0.717, 1.165) is 0 Å². The SMILES string of the molecule is C=C1C=CC(=O)N1c1ccc(S(=O)(=O)NN=C2CC(C(=O)O)(C(=O)O)C2)cc1. The minimum absolute atomic E-state index is 0.120. The highest BCUT2D eigenvalue weighted by Gasteiger charge is 2.55. The van der Waals surface area contributed by atoms with Crippen LogP contribution >= 0.6 is 0 Å². The van der Waals surface area contributed by atoms with Crippen molar-refractivity contribution < 1.29 is 33.0 Å². The van der Waals surface area contributed by atoms with E-state index in [1.807, 2.05) is 4.83 Å². The summed E-state index contributed by atoms with van der Waals surface area (Å²) in [5.74, 6) is -3.29. The molecular weight excluding hydrogens is 390 g/mol. The van der Waals surface area contributed by atoms with Gasteiger partial charge in [-0.2, -0.15) is 13.5 Å². The van der Waals surface area contributed by atoms with Crippen molar-refractivity contribution in [3.63, 3.8) is 0 Å². The zero-order valence-corrected chi connectivity index (χ0v) is 15.1. The summed E-state index contributed by atoms with van der Waals surface area (Å²) in [5.41, 5.74) is -0.951. The molecule has 146 valence electrons. The maximum atomic E-state index is 12.3. The van der Waals surface area contributed by atoms with E-state index in [1.165, 1.54) is 41.3 Å². The first-order valence-electron chi connectivity index (χ1n) is 7.92. The van der Waals surface area contributed by atoms with Crippen LogP contribution in [0.25, 0.3) is 0 Å². The molecule has 1 amide bonds. The second kappa shape index (κ2) is 6.60. The molecule has 3 rings (SSSR count). The van der Waals surface area contributed by atoms with E-state index in [4.69, 9.17) is 10.2 Å². The van der Waals surface area contributed by atoms with Crippen LogP contribution in [0.15, 0.2) is 58.7 Å². The van der Waals surface area contributed by atoms with Gasteiger partial charge in [0.05, 0.1) is 4.90 Å². The van der Waals surface area contributed by atoms with Crippen LogP contribution in [-0.2, 0) is 24.4 Å². The van der Waals surface area contributed by atoms with Crippen molar-refractivity contribution in [1.82, 2.24) is 4.83 Å². The van der Waals surface area contributed by atoms with Gasteiger partial charge in [0.25, 0.3) is 15.9 Å². The number of hydrogen-bond donors (Lipinski definition) is 3. The average Bonchev–Trinajstić information content (AvgIpc) is 2.91. The molecule has 1 aromatic rings. The number of nitrogens with one attached hydrogen (secondary N) is 1. The lowest BCUT2D eigenvalue weighted by molar-refractivity contribution is -0.165. The minimum Gasteiger partial charge on any atom is -0.480 e. The number of aliphatic carboxylic acids is 2. The van der Waals surface area contributed by atoms with Crippen LogP contribution in [0.2, 0.25) is 0 Å². The van der Waals surface area contributed by atoms with Gasteiger partial charge in [0.15, 0.2) is 5.41 Å². The van der Waals surface area contributed by atoms with Gasteiger partial charge < -0.3 is 10.2 Å². The zero-order chi connectivity index (χ0) is 20.7. The van der Waals surface area contributed by atoms with Crippen LogP contribution in [0, 0.1) is 5.41 Å². The number of rotatable bonds is 6. The lowest BCUT2D eigenvalue weighted by atomic mass is 9.67. The Kier molecular flexibility index (Phi) is 4.55. The van der Waals surface area contributed by atoms with Crippen LogP contribution in [0.5, 0.6) is 0 Å². The highest BCUT2D eigenvalue weighted by atomic mass is 32.2. The average molecular weight is 405 g/mol. The molecule has 0 bridgehead atoms. The van der Waals surface area contributed by atoms with E-state index in [0.29, 0.717) is 11.4 Å². The maximum absolute atomic E-state index is 12.3. The number of benzene rings is 1. The molecule has 0 aromatic heterocycles. The van der Waals surface area contributed by atoms with Crippen molar-refractivity contribution in [3.05, 3.63) is 48.7 Å². The van der Waals surface area contributed by atoms with E-state index >= 15 is 0 Å². The van der Waals surface area contributed by atoms with Crippen molar-refractivity contribution in [1.29, 1.82) is 0 Å². The van der Waals surface area contributed by atoms with Crippen molar-refractivity contribution in [2.75, 3.05) is 4.90 Å². The second-order valence-electron chi connectivity index (χ2n) is 6.31. The number of hydrazone groups is 1. The summed E-state index contributed by atoms with van der Waals surface area (Å²) in [4.78, 5) is 37.1. The molecule has 3 N–H and O–H groups in total. The van der Waals surface area contributed by atoms with Gasteiger partial charge in [0.1, 0.15) is 0 Å². The predicted octanol–water partition coefficient (Wildman–Crippen LogP) is 0.687. The largest absolute Gasteiger partial charge is 0.480 e. The molecule has 1 aliphatic carbocycles. The summed E-state index contributed by atoms with van der Waals surface area (Å²) in [6.45, 7) is 3.72. The molecule has 0 unspecified atom stereocenters. The number of carbonyl (C=O) groups excluding carboxylic acids is 1. The Morgan fingerprint density at radius 2 is 1.68 bits per heavy atom. The number of allylic oxidation sites excluding steroid dienone is 1. The van der Waals surface area contributed by atoms with E-state index in [9.17, 15) is 22.8 Å². The summed E-state index contributed by atoms with van der Waals surface area (Å²) in [6, 6.07) is 5.41. The fraction of sp³-hybridized carbons (Fsp3) is 0.176. The third kappa shape index (κ3) is 3.16. The first-order valence-corrected chi connectivity index (χ1v) is 9.40. The number of amides is 1. The molecule has 1 heterocycles. The summed E-state index contributed by atoms with van der Waals surface area (Å²) in [7, 11) is -4.05. The summed E-state index contributed by atoms with van der Waals surface area (Å²) in [5, 5.41) is 21.7. The molecule has 1 aliphatic heterocycles. The number of sulfonamides is 1. The lowest BCUT2D eigenvalue weighted by Gasteiger charge is -2.34. The molecule has 1 saturated carbocycles. The third-order valence-electron chi connectivity index (χ3n) is 4.49. The standard InChI is InChI=1S/C17H15N3O7S/c1-10-2-7-14(21)20(10)12-3-5-13(6-4-12)28(26,27)19-18-11-8-17(9-11,15(22)23)16(24)25/h2-7,19H,1,8-9H2,(H,22,23)(H,24,25). The Hall–Kier alpha value is -3.47. The zero-order valence-electron chi connectivity index (χ0n) is 14.3. The van der Waals surface area contributed by atoms with E-state index in [-0.39, 0.29) is 29.4 Å². The normalized spacial score (nSPS) is 18.0. The molecule has 2 aliphatic rings. The number of carboxylic acid groups (broad SMARTS) is 2. The van der Waals surface area contributed by atoms with Crippen LogP contribution in [0.4, 0.5) is 5.69 Å². The number of anilines is 1. The van der Waals surface area contributed by atoms with Gasteiger partial charge in [0.2, 0.25) is 0 Å². The molecule has 10 nitrogen and oxygen atoms in total. The molecule has 0 radical (unpaired) electrons. The second-order valence-corrected chi connectivity index (χ2v) is 7.97. The topological polar surface area (TPSA) is 153 Å². The molecule has 28 heavy (non-hydrogen) atoms. The van der Waals surface area contributed by atoms with Crippen molar-refractivity contribution in [2.24, 2.45) is 10.5 Å². The lowest BCUT2D eigenvalue weighted by Crippen LogP contribution is -2.51. The Morgan fingerprint density at radius 3 is 2.14 bits per heavy atom. The Morgan fingerprint density at radius 1 is 1.11 bits per heavy atom. The number of nitrogens with zero attached hydrogens (tertiary/aromatic N) is 2. The van der Waals surface area contributed by atoms with E-state index in [1.54, 1.807) is 0 Å². The number of hydrogen-bond acceptors (Lipinski definition) is 6. The molecular formula is C17H15N3O7S. The van der Waals surface area contributed by atoms with E-state index in [2.05, 4.69) is 11.7 Å². The quantitative estimate of drug-likeness (QED) is 0.465. The number of carboxylic acids is 2. The van der Waals surface area contributed by atoms with Crippen molar-refractivity contribution in [3.8, 4) is 0 Å². The molecule has 1 aromatic carbocycles. The summed E-state index contributed by atoms with van der Waals surface area (Å²) < 4.78 is 24.6. The molecule has 0 spiro atoms. The fourth-order valence-corrected chi connectivity index (χ4v) is 3.67. The van der Waals surface area contributed by atoms with Gasteiger partial charge in [-0.15, -0.1) is 0 Å². The molecule has 1 fully saturated rings. The highest BCUT2D eigenvalue weighted by Crippen LogP contribution is 2.39. The predicted molar refractivity (Wildman–Crippen MR) is 96.9 cm³/mol. The maximum Gasteiger partial charge on any atom is 0.321 e. The smallest absolute Gasteiger partial charge is 0.321 e. The minimum atomic E-state index is -4.05. The van der Waals surface area contributed by atoms with Gasteiger partial charge in [0, 0.05) is 36.0 Å². The van der Waals surface area contributed by atoms with Crippen LogP contribution < -0.4 is 9.73 Å². The molecule has 0 atom stereocenters. The number of carbonyl (C=O) groups is 3. The van der Waals surface area contributed by atoms with Crippen LogP contribution in [0.3, 0.4) is 0 Å². The Bertz CT molecular complexity index is 1010. The Labute approximate surface area is 159 Å². The molecule has 0 saturated heterocycles. The van der Waals surface area contributed by atoms with E-state index < -0.39 is 27.4 Å². The van der Waals surface area contributed by atoms with Gasteiger partial charge >= 0.3 is 11.9 Å². The van der Waals surface area contributed by atoms with Gasteiger partial charge in [-0.25, -0.2) is 4.83 Å². The first kappa shape index (κ1) is 19.3. The fourth-order valence-electron chi connectivity index (χ4n) is 2.82. The van der Waals surface area contributed by atoms with Crippen molar-refractivity contribution >= 4 is 39.3 Å². The Balaban J connectivity index is 1.71. The van der Waals surface area contributed by atoms with Gasteiger partial charge in [-0.1, -0.05) is 6.58 Å². The molecule has 11 heteroatoms. The van der Waals surface area contributed by atoms with Gasteiger partial charge in [-0.3, -0.25) is 19.3 Å². The van der Waals surface area contributed by atoms with Crippen LogP contribution in [0.1, 0.15) is 12.8 Å². The van der Waals surface area contributed by atoms with Crippen LogP contribution in [-0.4, -0.2) is 42.2 Å². The van der Waals surface area contributed by atoms with Gasteiger partial charge in [-0.05, 0) is 30.3 Å². The summed E-state index contributed by atoms with van der Waals surface area (Å²) >= 11 is 0. The first-order chi connectivity index (χ1) is 13.1. The third-order valence-corrected chi connectivity index (χ3v) is 5.71.